The molecule has 3 heterocycles. The molecule has 0 fully saturated rings. The zero-order valence-electron chi connectivity index (χ0n) is 33.4. The average Bonchev–Trinajstić information content (AvgIpc) is 3.87. The SMILES string of the molecule is FC(F)(F)c1ccc(-c2cc(-c3nc(-c4ccccc4)cc(-c4ccccc4)n3)cc(-c3ccc(C(F)(F)F)cc3)c2-n2c3ccccc3c3c4oc5ccccc5c4ccc32)cc1. The Morgan fingerprint density at radius 3 is 1.45 bits per heavy atom. The Bertz CT molecular complexity index is 3420. The van der Waals surface area contributed by atoms with Crippen LogP contribution in [0.2, 0.25) is 0 Å². The van der Waals surface area contributed by atoms with Gasteiger partial charge in [-0.25, -0.2) is 9.97 Å². The summed E-state index contributed by atoms with van der Waals surface area (Å²) in [4.78, 5) is 10.2. The number of aromatic nitrogens is 3. The molecule has 310 valence electrons. The number of furan rings is 1. The molecule has 0 aliphatic rings. The number of rotatable bonds is 6. The molecule has 0 radical (unpaired) electrons. The molecule has 10 heteroatoms. The lowest BCUT2D eigenvalue weighted by Gasteiger charge is -2.21. The highest BCUT2D eigenvalue weighted by Gasteiger charge is 2.32. The number of benzene rings is 8. The van der Waals surface area contributed by atoms with E-state index in [0.717, 1.165) is 68.0 Å². The van der Waals surface area contributed by atoms with Gasteiger partial charge in [0.1, 0.15) is 11.2 Å². The summed E-state index contributed by atoms with van der Waals surface area (Å²) in [6, 6.07) is 54.1. The highest BCUT2D eigenvalue weighted by Crippen LogP contribution is 2.47. The standard InChI is InChI=1S/C54H31F6N3O/c55-53(56,57)37-23-19-32(20-24-37)42-29-36(52-61-44(34-11-3-1-4-12-34)31-45(62-52)35-13-5-2-6-14-35)30-43(33-21-25-38(26-22-33)54(58,59)60)50(42)63-46-17-9-7-16-41(46)49-47(63)28-27-40-39-15-8-10-18-48(39)64-51(40)49/h1-31H. The lowest BCUT2D eigenvalue weighted by molar-refractivity contribution is -0.138. The van der Waals surface area contributed by atoms with Crippen LogP contribution < -0.4 is 0 Å². The average molecular weight is 852 g/mol. The number of halogens is 6. The van der Waals surface area contributed by atoms with Gasteiger partial charge in [0, 0.05) is 44.0 Å². The molecule has 0 aliphatic heterocycles. The van der Waals surface area contributed by atoms with Crippen molar-refractivity contribution in [3.05, 3.63) is 199 Å². The van der Waals surface area contributed by atoms with Gasteiger partial charge in [-0.05, 0) is 77.9 Å². The zero-order chi connectivity index (χ0) is 43.7. The third kappa shape index (κ3) is 6.66. The molecule has 3 aromatic heterocycles. The van der Waals surface area contributed by atoms with E-state index >= 15 is 0 Å². The van der Waals surface area contributed by atoms with Crippen LogP contribution in [-0.2, 0) is 12.4 Å². The normalized spacial score (nSPS) is 12.2. The Balaban J connectivity index is 1.28. The van der Waals surface area contributed by atoms with E-state index < -0.39 is 23.5 Å². The van der Waals surface area contributed by atoms with Crippen molar-refractivity contribution in [1.82, 2.24) is 14.5 Å². The van der Waals surface area contributed by atoms with Crippen molar-refractivity contribution in [3.63, 3.8) is 0 Å². The minimum atomic E-state index is -4.60. The van der Waals surface area contributed by atoms with Crippen LogP contribution in [0.1, 0.15) is 11.1 Å². The molecule has 0 aliphatic carbocycles. The van der Waals surface area contributed by atoms with Gasteiger partial charge < -0.3 is 8.98 Å². The van der Waals surface area contributed by atoms with Gasteiger partial charge in [-0.15, -0.1) is 0 Å². The van der Waals surface area contributed by atoms with Crippen LogP contribution in [-0.4, -0.2) is 14.5 Å². The smallest absolute Gasteiger partial charge is 0.416 e. The summed E-state index contributed by atoms with van der Waals surface area (Å²) in [5, 5.41) is 3.48. The van der Waals surface area contributed by atoms with Gasteiger partial charge in [0.15, 0.2) is 5.82 Å². The molecule has 0 bridgehead atoms. The Hall–Kier alpha value is -7.98. The fourth-order valence-corrected chi connectivity index (χ4v) is 8.69. The molecule has 0 N–H and O–H groups in total. The lowest BCUT2D eigenvalue weighted by Crippen LogP contribution is -2.06. The lowest BCUT2D eigenvalue weighted by atomic mass is 9.91. The number of fused-ring (bicyclic) bond motifs is 7. The van der Waals surface area contributed by atoms with E-state index in [1.165, 1.54) is 24.3 Å². The first-order valence-corrected chi connectivity index (χ1v) is 20.4. The first kappa shape index (κ1) is 38.9. The maximum absolute atomic E-state index is 14.1. The second-order valence-electron chi connectivity index (χ2n) is 15.6. The molecule has 4 nitrogen and oxygen atoms in total. The van der Waals surface area contributed by atoms with E-state index in [2.05, 4.69) is 0 Å². The number of nitrogens with zero attached hydrogens (tertiary/aromatic N) is 3. The van der Waals surface area contributed by atoms with Crippen LogP contribution in [0.4, 0.5) is 26.3 Å². The van der Waals surface area contributed by atoms with Gasteiger partial charge in [-0.1, -0.05) is 121 Å². The summed E-state index contributed by atoms with van der Waals surface area (Å²) in [7, 11) is 0. The van der Waals surface area contributed by atoms with Crippen LogP contribution in [0, 0.1) is 0 Å². The van der Waals surface area contributed by atoms with E-state index in [9.17, 15) is 26.3 Å². The highest BCUT2D eigenvalue weighted by molar-refractivity contribution is 6.24. The summed E-state index contributed by atoms with van der Waals surface area (Å²) < 4.78 is 93.3. The van der Waals surface area contributed by atoms with Crippen molar-refractivity contribution in [1.29, 1.82) is 0 Å². The summed E-state index contributed by atoms with van der Waals surface area (Å²) in [6.45, 7) is 0. The number of hydrogen-bond donors (Lipinski definition) is 0. The molecule has 64 heavy (non-hydrogen) atoms. The van der Waals surface area contributed by atoms with Crippen LogP contribution >= 0.6 is 0 Å². The van der Waals surface area contributed by atoms with Crippen LogP contribution in [0.3, 0.4) is 0 Å². The van der Waals surface area contributed by atoms with Gasteiger partial charge in [-0.2, -0.15) is 26.3 Å². The molecule has 0 unspecified atom stereocenters. The summed E-state index contributed by atoms with van der Waals surface area (Å²) in [5.74, 6) is 0.305. The minimum Gasteiger partial charge on any atom is -0.455 e. The van der Waals surface area contributed by atoms with Gasteiger partial charge in [0.05, 0.1) is 44.6 Å². The second-order valence-corrected chi connectivity index (χ2v) is 15.6. The Morgan fingerprint density at radius 2 is 0.906 bits per heavy atom. The van der Waals surface area contributed by atoms with E-state index in [0.29, 0.717) is 61.9 Å². The van der Waals surface area contributed by atoms with Gasteiger partial charge >= 0.3 is 12.4 Å². The quantitative estimate of drug-likeness (QED) is 0.157. The fourth-order valence-electron chi connectivity index (χ4n) is 8.69. The van der Waals surface area contributed by atoms with Gasteiger partial charge in [0.2, 0.25) is 0 Å². The molecule has 0 saturated carbocycles. The monoisotopic (exact) mass is 851 g/mol. The van der Waals surface area contributed by atoms with Crippen molar-refractivity contribution in [3.8, 4) is 61.8 Å². The molecule has 8 aromatic carbocycles. The van der Waals surface area contributed by atoms with E-state index in [1.807, 2.05) is 144 Å². The molecular weight excluding hydrogens is 821 g/mol. The predicted octanol–water partition coefficient (Wildman–Crippen LogP) is 15.8. The first-order valence-electron chi connectivity index (χ1n) is 20.4. The minimum absolute atomic E-state index is 0.305. The Labute approximate surface area is 361 Å². The highest BCUT2D eigenvalue weighted by atomic mass is 19.4. The topological polar surface area (TPSA) is 43.9 Å². The summed E-state index contributed by atoms with van der Waals surface area (Å²) in [6.07, 6.45) is -9.20. The molecule has 0 saturated heterocycles. The first-order chi connectivity index (χ1) is 31.0. The molecule has 0 spiro atoms. The van der Waals surface area contributed by atoms with Crippen molar-refractivity contribution in [2.24, 2.45) is 0 Å². The van der Waals surface area contributed by atoms with Crippen LogP contribution in [0.15, 0.2) is 192 Å². The Kier molecular flexibility index (Phi) is 9.02. The van der Waals surface area contributed by atoms with Crippen LogP contribution in [0.25, 0.3) is 106 Å². The molecule has 0 amide bonds. The van der Waals surface area contributed by atoms with E-state index in [4.69, 9.17) is 14.4 Å². The molecule has 11 rings (SSSR count). The number of alkyl halides is 6. The van der Waals surface area contributed by atoms with Crippen molar-refractivity contribution >= 4 is 43.7 Å². The Morgan fingerprint density at radius 1 is 0.406 bits per heavy atom. The summed E-state index contributed by atoms with van der Waals surface area (Å²) >= 11 is 0. The fraction of sp³-hybridized carbons (Fsp3) is 0.0370. The summed E-state index contributed by atoms with van der Waals surface area (Å²) in [5.41, 5.74) is 6.91. The molecule has 0 atom stereocenters. The number of para-hydroxylation sites is 2. The van der Waals surface area contributed by atoms with Crippen LogP contribution in [0.5, 0.6) is 0 Å². The van der Waals surface area contributed by atoms with Crippen molar-refractivity contribution in [2.75, 3.05) is 0 Å². The molecule has 11 aromatic rings. The van der Waals surface area contributed by atoms with Crippen molar-refractivity contribution < 1.29 is 30.8 Å². The van der Waals surface area contributed by atoms with Crippen molar-refractivity contribution in [2.45, 2.75) is 12.4 Å². The van der Waals surface area contributed by atoms with E-state index in [1.54, 1.807) is 0 Å². The third-order valence-electron chi connectivity index (χ3n) is 11.7. The largest absolute Gasteiger partial charge is 0.455 e. The van der Waals surface area contributed by atoms with E-state index in [-0.39, 0.29) is 0 Å². The second kappa shape index (κ2) is 14.8. The van der Waals surface area contributed by atoms with Gasteiger partial charge in [0.25, 0.3) is 0 Å². The predicted molar refractivity (Wildman–Crippen MR) is 241 cm³/mol. The maximum atomic E-state index is 14.1. The van der Waals surface area contributed by atoms with Gasteiger partial charge in [-0.3, -0.25) is 0 Å². The zero-order valence-corrected chi connectivity index (χ0v) is 33.4. The number of hydrogen-bond acceptors (Lipinski definition) is 3. The third-order valence-corrected chi connectivity index (χ3v) is 11.7. The maximum Gasteiger partial charge on any atom is 0.416 e. The molecular formula is C54H31F6N3O.